The molecule has 1 aromatic rings. The summed E-state index contributed by atoms with van der Waals surface area (Å²) in [6, 6.07) is 0.0733. The van der Waals surface area contributed by atoms with E-state index in [2.05, 4.69) is 5.10 Å². The molecule has 1 atom stereocenters. The van der Waals surface area contributed by atoms with Crippen molar-refractivity contribution in [3.63, 3.8) is 0 Å². The van der Waals surface area contributed by atoms with Gasteiger partial charge in [0, 0.05) is 13.7 Å². The van der Waals surface area contributed by atoms with Gasteiger partial charge in [0.25, 0.3) is 0 Å². The fraction of sp³-hybridized carbons (Fsp3) is 0.700. The van der Waals surface area contributed by atoms with Crippen molar-refractivity contribution in [3.05, 3.63) is 11.4 Å². The number of aryl methyl sites for hydroxylation is 1. The smallest absolute Gasteiger partial charge is 0.241 e. The first kappa shape index (κ1) is 14.1. The van der Waals surface area contributed by atoms with Gasteiger partial charge >= 0.3 is 0 Å². The highest BCUT2D eigenvalue weighted by molar-refractivity contribution is 7.89. The molecule has 1 aromatic heterocycles. The summed E-state index contributed by atoms with van der Waals surface area (Å²) in [4.78, 5) is 0.127. The molecule has 0 radical (unpaired) electrons. The van der Waals surface area contributed by atoms with Crippen LogP contribution in [-0.2, 0) is 14.8 Å². The second kappa shape index (κ2) is 5.16. The van der Waals surface area contributed by atoms with Gasteiger partial charge in [-0.15, -0.1) is 0 Å². The van der Waals surface area contributed by atoms with Gasteiger partial charge in [-0.3, -0.25) is 4.68 Å². The van der Waals surface area contributed by atoms with Crippen LogP contribution in [0.5, 0.6) is 0 Å². The summed E-state index contributed by atoms with van der Waals surface area (Å²) in [6.45, 7) is 5.92. The van der Waals surface area contributed by atoms with Crippen molar-refractivity contribution in [3.8, 4) is 0 Å². The number of aromatic nitrogens is 2. The highest BCUT2D eigenvalue weighted by atomic mass is 32.2. The summed E-state index contributed by atoms with van der Waals surface area (Å²) in [7, 11) is -2.08. The fourth-order valence-corrected chi connectivity index (χ4v) is 2.86. The molecule has 0 fully saturated rings. The third-order valence-corrected chi connectivity index (χ3v) is 3.86. The normalized spacial score (nSPS) is 13.9. The molecule has 0 aliphatic carbocycles. The van der Waals surface area contributed by atoms with Gasteiger partial charge < -0.3 is 4.74 Å². The minimum atomic E-state index is -3.71. The maximum Gasteiger partial charge on any atom is 0.241 e. The number of methoxy groups -OCH3 is 1. The number of primary sulfonamides is 1. The summed E-state index contributed by atoms with van der Waals surface area (Å²) in [5.74, 6) is 0. The topological polar surface area (TPSA) is 87.2 Å². The van der Waals surface area contributed by atoms with Crippen molar-refractivity contribution in [2.45, 2.75) is 38.1 Å². The van der Waals surface area contributed by atoms with Gasteiger partial charge in [-0.05, 0) is 27.2 Å². The van der Waals surface area contributed by atoms with Gasteiger partial charge in [0.05, 0.1) is 17.4 Å². The highest BCUT2D eigenvalue weighted by Crippen LogP contribution is 2.22. The lowest BCUT2D eigenvalue weighted by molar-refractivity contribution is 0.178. The third kappa shape index (κ3) is 3.05. The molecule has 0 saturated heterocycles. The maximum absolute atomic E-state index is 11.4. The molecule has 98 valence electrons. The molecule has 17 heavy (non-hydrogen) atoms. The maximum atomic E-state index is 11.4. The first-order valence-electron chi connectivity index (χ1n) is 5.36. The summed E-state index contributed by atoms with van der Waals surface area (Å²) < 4.78 is 29.5. The molecule has 2 N–H and O–H groups in total. The molecule has 1 rings (SSSR count). The Morgan fingerprint density at radius 3 is 2.47 bits per heavy atom. The minimum Gasteiger partial charge on any atom is -0.385 e. The van der Waals surface area contributed by atoms with Crippen LogP contribution in [0, 0.1) is 13.8 Å². The second-order valence-corrected chi connectivity index (χ2v) is 5.62. The number of rotatable bonds is 5. The summed E-state index contributed by atoms with van der Waals surface area (Å²) in [6.07, 6.45) is 0.766. The Hall–Kier alpha value is -0.920. The van der Waals surface area contributed by atoms with E-state index < -0.39 is 10.0 Å². The molecule has 0 bridgehead atoms. The zero-order valence-electron chi connectivity index (χ0n) is 10.6. The van der Waals surface area contributed by atoms with E-state index in [1.54, 1.807) is 25.6 Å². The van der Waals surface area contributed by atoms with E-state index in [9.17, 15) is 8.42 Å². The standard InChI is InChI=1S/C10H19N3O3S/c1-7(5-6-16-4)13-9(3)10(8(2)12-13)17(11,14)15/h7H,5-6H2,1-4H3,(H2,11,14,15). The van der Waals surface area contributed by atoms with Gasteiger partial charge in [-0.1, -0.05) is 0 Å². The zero-order valence-corrected chi connectivity index (χ0v) is 11.4. The number of hydrogen-bond donors (Lipinski definition) is 1. The van der Waals surface area contributed by atoms with Crippen molar-refractivity contribution in [2.75, 3.05) is 13.7 Å². The van der Waals surface area contributed by atoms with Crippen LogP contribution in [0.3, 0.4) is 0 Å². The molecular weight excluding hydrogens is 242 g/mol. The van der Waals surface area contributed by atoms with Crippen molar-refractivity contribution in [2.24, 2.45) is 5.14 Å². The van der Waals surface area contributed by atoms with Crippen molar-refractivity contribution >= 4 is 10.0 Å². The van der Waals surface area contributed by atoms with Crippen molar-refractivity contribution in [1.82, 2.24) is 9.78 Å². The molecular formula is C10H19N3O3S. The zero-order chi connectivity index (χ0) is 13.2. The van der Waals surface area contributed by atoms with Crippen LogP contribution >= 0.6 is 0 Å². The lowest BCUT2D eigenvalue weighted by atomic mass is 10.2. The molecule has 0 spiro atoms. The Bertz CT molecular complexity index is 493. The van der Waals surface area contributed by atoms with E-state index in [-0.39, 0.29) is 10.9 Å². The second-order valence-electron chi connectivity index (χ2n) is 4.12. The summed E-state index contributed by atoms with van der Waals surface area (Å²) >= 11 is 0. The van der Waals surface area contributed by atoms with Crippen LogP contribution in [0.4, 0.5) is 0 Å². The van der Waals surface area contributed by atoms with Gasteiger partial charge in [0.1, 0.15) is 4.90 Å². The van der Waals surface area contributed by atoms with Crippen molar-refractivity contribution < 1.29 is 13.2 Å². The van der Waals surface area contributed by atoms with Gasteiger partial charge in [0.2, 0.25) is 10.0 Å². The van der Waals surface area contributed by atoms with Crippen molar-refractivity contribution in [1.29, 1.82) is 0 Å². The Morgan fingerprint density at radius 1 is 1.47 bits per heavy atom. The number of sulfonamides is 1. The van der Waals surface area contributed by atoms with Crippen LogP contribution in [-0.4, -0.2) is 31.9 Å². The minimum absolute atomic E-state index is 0.0733. The van der Waals surface area contributed by atoms with E-state index in [1.165, 1.54) is 0 Å². The Labute approximate surface area is 102 Å². The van der Waals surface area contributed by atoms with E-state index in [1.807, 2.05) is 6.92 Å². The number of nitrogens with two attached hydrogens (primary N) is 1. The number of hydrogen-bond acceptors (Lipinski definition) is 4. The first-order chi connectivity index (χ1) is 7.79. The van der Waals surface area contributed by atoms with Gasteiger partial charge in [-0.25, -0.2) is 13.6 Å². The number of ether oxygens (including phenoxy) is 1. The van der Waals surface area contributed by atoms with Gasteiger partial charge in [-0.2, -0.15) is 5.10 Å². The quantitative estimate of drug-likeness (QED) is 0.847. The SMILES string of the molecule is COCCC(C)n1nc(C)c(S(N)(=O)=O)c1C. The lowest BCUT2D eigenvalue weighted by Gasteiger charge is -2.13. The average Bonchev–Trinajstić information content (AvgIpc) is 2.49. The van der Waals surface area contributed by atoms with E-state index in [4.69, 9.17) is 9.88 Å². The van der Waals surface area contributed by atoms with Crippen LogP contribution < -0.4 is 5.14 Å². The molecule has 6 nitrogen and oxygen atoms in total. The van der Waals surface area contributed by atoms with Crippen LogP contribution in [0.1, 0.15) is 30.8 Å². The fourth-order valence-electron chi connectivity index (χ4n) is 1.90. The molecule has 0 amide bonds. The highest BCUT2D eigenvalue weighted by Gasteiger charge is 2.22. The van der Waals surface area contributed by atoms with Crippen LogP contribution in [0.25, 0.3) is 0 Å². The van der Waals surface area contributed by atoms with Crippen LogP contribution in [0.2, 0.25) is 0 Å². The molecule has 0 aliphatic rings. The lowest BCUT2D eigenvalue weighted by Crippen LogP contribution is -2.15. The Morgan fingerprint density at radius 2 is 2.06 bits per heavy atom. The molecule has 7 heteroatoms. The predicted molar refractivity (Wildman–Crippen MR) is 64.3 cm³/mol. The summed E-state index contributed by atoms with van der Waals surface area (Å²) in [5, 5.41) is 9.40. The average molecular weight is 261 g/mol. The monoisotopic (exact) mass is 261 g/mol. The number of nitrogens with zero attached hydrogens (tertiary/aromatic N) is 2. The first-order valence-corrected chi connectivity index (χ1v) is 6.91. The van der Waals surface area contributed by atoms with E-state index in [0.29, 0.717) is 18.0 Å². The molecule has 0 saturated carbocycles. The van der Waals surface area contributed by atoms with Gasteiger partial charge in [0.15, 0.2) is 0 Å². The summed E-state index contributed by atoms with van der Waals surface area (Å²) in [5.41, 5.74) is 1.02. The predicted octanol–water partition coefficient (Wildman–Crippen LogP) is 0.745. The van der Waals surface area contributed by atoms with Crippen LogP contribution in [0.15, 0.2) is 4.90 Å². The molecule has 1 unspecified atom stereocenters. The molecule has 0 aromatic carbocycles. The largest absolute Gasteiger partial charge is 0.385 e. The Balaban J connectivity index is 3.13. The van der Waals surface area contributed by atoms with E-state index >= 15 is 0 Å². The molecule has 1 heterocycles. The molecule has 0 aliphatic heterocycles. The third-order valence-electron chi connectivity index (χ3n) is 2.70. The Kier molecular flexibility index (Phi) is 4.29. The van der Waals surface area contributed by atoms with E-state index in [0.717, 1.165) is 6.42 Å².